The first kappa shape index (κ1) is 9.75. The van der Waals surface area contributed by atoms with Gasteiger partial charge in [0.15, 0.2) is 0 Å². The van der Waals surface area contributed by atoms with Crippen molar-refractivity contribution in [3.05, 3.63) is 23.8 Å². The zero-order valence-corrected chi connectivity index (χ0v) is 8.41. The molecule has 0 aliphatic rings. The van der Waals surface area contributed by atoms with Gasteiger partial charge in [0.1, 0.15) is 0 Å². The summed E-state index contributed by atoms with van der Waals surface area (Å²) in [6.07, 6.45) is 2.00. The second-order valence-corrected chi connectivity index (χ2v) is 3.55. The molecule has 0 saturated heterocycles. The summed E-state index contributed by atoms with van der Waals surface area (Å²) in [6.45, 7) is 0. The van der Waals surface area contributed by atoms with Gasteiger partial charge >= 0.3 is 0 Å². The Labute approximate surface area is 83.3 Å². The molecule has 0 fully saturated rings. The molecular weight excluding hydrogens is 190 g/mol. The van der Waals surface area contributed by atoms with Gasteiger partial charge in [0.25, 0.3) is 0 Å². The van der Waals surface area contributed by atoms with E-state index in [1.54, 1.807) is 0 Å². The number of nitrogens with two attached hydrogens (primary N) is 1. The van der Waals surface area contributed by atoms with Crippen LogP contribution in [0, 0.1) is 0 Å². The van der Waals surface area contributed by atoms with Crippen molar-refractivity contribution in [3.8, 4) is 0 Å². The van der Waals surface area contributed by atoms with Crippen LogP contribution in [0.2, 0.25) is 0 Å². The van der Waals surface area contributed by atoms with Gasteiger partial charge in [-0.15, -0.1) is 24.2 Å². The van der Waals surface area contributed by atoms with E-state index in [1.807, 2.05) is 18.2 Å². The number of thiol groups is 1. The van der Waals surface area contributed by atoms with Crippen LogP contribution in [0.15, 0.2) is 23.1 Å². The highest BCUT2D eigenvalue weighted by Crippen LogP contribution is 2.18. The molecule has 0 radical (unpaired) electrons. The van der Waals surface area contributed by atoms with Gasteiger partial charge in [-0.25, -0.2) is 0 Å². The summed E-state index contributed by atoms with van der Waals surface area (Å²) in [5.74, 6) is 0.701. The fourth-order valence-electron chi connectivity index (χ4n) is 1.02. The second kappa shape index (κ2) is 4.63. The Kier molecular flexibility index (Phi) is 3.76. The highest BCUT2D eigenvalue weighted by atomic mass is 35.5. The topological polar surface area (TPSA) is 26.0 Å². The summed E-state index contributed by atoms with van der Waals surface area (Å²) in [5, 5.41) is 0. The second-order valence-electron chi connectivity index (χ2n) is 2.69. The van der Waals surface area contributed by atoms with Gasteiger partial charge in [-0.3, -0.25) is 0 Å². The molecule has 0 amide bonds. The smallest absolute Gasteiger partial charge is 0.0449 e. The first-order valence-corrected chi connectivity index (χ1v) is 4.85. The van der Waals surface area contributed by atoms with Crippen molar-refractivity contribution in [1.29, 1.82) is 0 Å². The molecule has 0 aromatic heterocycles. The molecule has 0 atom stereocenters. The predicted molar refractivity (Wildman–Crippen MR) is 57.1 cm³/mol. The maximum Gasteiger partial charge on any atom is 0.0449 e. The SMILES string of the molecule is Nc1ccc(CCCCl)cc1S. The number of halogens is 1. The van der Waals surface area contributed by atoms with Crippen LogP contribution in [-0.2, 0) is 6.42 Å². The average molecular weight is 202 g/mol. The van der Waals surface area contributed by atoms with Crippen molar-refractivity contribution in [1.82, 2.24) is 0 Å². The quantitative estimate of drug-likeness (QED) is 0.439. The zero-order valence-electron chi connectivity index (χ0n) is 6.76. The van der Waals surface area contributed by atoms with E-state index in [2.05, 4.69) is 12.6 Å². The largest absolute Gasteiger partial charge is 0.398 e. The van der Waals surface area contributed by atoms with Crippen molar-refractivity contribution >= 4 is 29.9 Å². The minimum atomic E-state index is 0.701. The molecule has 0 aliphatic heterocycles. The normalized spacial score (nSPS) is 10.2. The van der Waals surface area contributed by atoms with Gasteiger partial charge in [-0.1, -0.05) is 6.07 Å². The molecular formula is C9H12ClNS. The van der Waals surface area contributed by atoms with Crippen LogP contribution in [-0.4, -0.2) is 5.88 Å². The first-order chi connectivity index (χ1) is 5.74. The lowest BCUT2D eigenvalue weighted by molar-refractivity contribution is 0.925. The minimum Gasteiger partial charge on any atom is -0.398 e. The van der Waals surface area contributed by atoms with Crippen LogP contribution in [0.5, 0.6) is 0 Å². The number of anilines is 1. The van der Waals surface area contributed by atoms with E-state index in [0.29, 0.717) is 5.88 Å². The number of alkyl halides is 1. The van der Waals surface area contributed by atoms with E-state index in [0.717, 1.165) is 23.4 Å². The lowest BCUT2D eigenvalue weighted by Crippen LogP contribution is -1.90. The van der Waals surface area contributed by atoms with Crippen LogP contribution >= 0.6 is 24.2 Å². The Hall–Kier alpha value is -0.340. The third kappa shape index (κ3) is 2.61. The molecule has 1 nitrogen and oxygen atoms in total. The maximum atomic E-state index is 5.61. The molecule has 1 aromatic rings. The summed E-state index contributed by atoms with van der Waals surface area (Å²) in [7, 11) is 0. The van der Waals surface area contributed by atoms with E-state index < -0.39 is 0 Å². The van der Waals surface area contributed by atoms with Crippen LogP contribution in [0.1, 0.15) is 12.0 Å². The standard InChI is InChI=1S/C9H12ClNS/c10-5-1-2-7-3-4-8(11)9(12)6-7/h3-4,6,12H,1-2,5,11H2. The number of hydrogen-bond donors (Lipinski definition) is 2. The van der Waals surface area contributed by atoms with Gasteiger partial charge in [0.2, 0.25) is 0 Å². The van der Waals surface area contributed by atoms with Gasteiger partial charge in [-0.05, 0) is 30.5 Å². The Balaban J connectivity index is 2.69. The number of aryl methyl sites for hydroxylation is 1. The first-order valence-electron chi connectivity index (χ1n) is 3.87. The van der Waals surface area contributed by atoms with E-state index >= 15 is 0 Å². The summed E-state index contributed by atoms with van der Waals surface area (Å²) >= 11 is 9.81. The van der Waals surface area contributed by atoms with E-state index in [4.69, 9.17) is 17.3 Å². The molecule has 3 heteroatoms. The van der Waals surface area contributed by atoms with Crippen molar-refractivity contribution in [2.75, 3.05) is 11.6 Å². The lowest BCUT2D eigenvalue weighted by Gasteiger charge is -2.02. The highest BCUT2D eigenvalue weighted by molar-refractivity contribution is 7.80. The molecule has 0 saturated carbocycles. The summed E-state index contributed by atoms with van der Waals surface area (Å²) in [5.41, 5.74) is 7.59. The number of rotatable bonds is 3. The lowest BCUT2D eigenvalue weighted by atomic mass is 10.1. The Bertz CT molecular complexity index is 263. The molecule has 0 aliphatic carbocycles. The monoisotopic (exact) mass is 201 g/mol. The third-order valence-corrected chi connectivity index (χ3v) is 2.35. The van der Waals surface area contributed by atoms with Gasteiger partial charge in [0.05, 0.1) is 0 Å². The van der Waals surface area contributed by atoms with Crippen LogP contribution < -0.4 is 5.73 Å². The van der Waals surface area contributed by atoms with E-state index in [9.17, 15) is 0 Å². The Morgan fingerprint density at radius 3 is 2.75 bits per heavy atom. The third-order valence-electron chi connectivity index (χ3n) is 1.69. The molecule has 0 heterocycles. The van der Waals surface area contributed by atoms with Crippen LogP contribution in [0.3, 0.4) is 0 Å². The fraction of sp³-hybridized carbons (Fsp3) is 0.333. The minimum absolute atomic E-state index is 0.701. The highest BCUT2D eigenvalue weighted by Gasteiger charge is 1.96. The van der Waals surface area contributed by atoms with Crippen molar-refractivity contribution in [2.24, 2.45) is 0 Å². The number of nitrogen functional groups attached to an aromatic ring is 1. The number of hydrogen-bond acceptors (Lipinski definition) is 2. The summed E-state index contributed by atoms with van der Waals surface area (Å²) in [4.78, 5) is 0.849. The van der Waals surface area contributed by atoms with Gasteiger partial charge < -0.3 is 5.73 Å². The zero-order chi connectivity index (χ0) is 8.97. The molecule has 0 spiro atoms. The maximum absolute atomic E-state index is 5.61. The predicted octanol–water partition coefficient (Wildman–Crippen LogP) is 2.73. The Morgan fingerprint density at radius 2 is 2.17 bits per heavy atom. The molecule has 66 valence electrons. The van der Waals surface area contributed by atoms with E-state index in [1.165, 1.54) is 5.56 Å². The fourth-order valence-corrected chi connectivity index (χ4v) is 1.39. The van der Waals surface area contributed by atoms with Gasteiger partial charge in [-0.2, -0.15) is 0 Å². The molecule has 12 heavy (non-hydrogen) atoms. The molecule has 0 bridgehead atoms. The molecule has 2 N–H and O–H groups in total. The molecule has 0 unspecified atom stereocenters. The molecule has 1 rings (SSSR count). The van der Waals surface area contributed by atoms with Crippen LogP contribution in [0.25, 0.3) is 0 Å². The Morgan fingerprint density at radius 1 is 1.42 bits per heavy atom. The summed E-state index contributed by atoms with van der Waals surface area (Å²) in [6, 6.07) is 5.89. The van der Waals surface area contributed by atoms with Crippen molar-refractivity contribution in [3.63, 3.8) is 0 Å². The van der Waals surface area contributed by atoms with Gasteiger partial charge in [0, 0.05) is 16.5 Å². The van der Waals surface area contributed by atoms with Crippen molar-refractivity contribution in [2.45, 2.75) is 17.7 Å². The van der Waals surface area contributed by atoms with Crippen molar-refractivity contribution < 1.29 is 0 Å². The van der Waals surface area contributed by atoms with Crippen LogP contribution in [0.4, 0.5) is 5.69 Å². The number of benzene rings is 1. The average Bonchev–Trinajstić information content (AvgIpc) is 2.07. The van der Waals surface area contributed by atoms with E-state index in [-0.39, 0.29) is 0 Å². The molecule has 1 aromatic carbocycles. The summed E-state index contributed by atoms with van der Waals surface area (Å²) < 4.78 is 0.